The monoisotopic (exact) mass is 442 g/mol. The molecule has 0 rings (SSSR count). The molecule has 0 fully saturated rings. The molecular weight excluding hydrogens is 395 g/mol. The van der Waals surface area contributed by atoms with Crippen molar-refractivity contribution in [1.82, 2.24) is 0 Å². The molecule has 4 nitrogen and oxygen atoms in total. The molecule has 1 atom stereocenters. The summed E-state index contributed by atoms with van der Waals surface area (Å²) < 4.78 is 34.7. The topological polar surface area (TPSA) is 77.4 Å². The largest absolute Gasteiger partial charge is 1.00 e. The Balaban J connectivity index is 0. The van der Waals surface area contributed by atoms with Crippen molar-refractivity contribution < 1.29 is 47.6 Å². The van der Waals surface area contributed by atoms with Gasteiger partial charge in [0.15, 0.2) is 4.93 Å². The van der Waals surface area contributed by atoms with Gasteiger partial charge in [-0.2, -0.15) is 0 Å². The standard InChI is InChI=1S/C23H48O4S.Na/c1-3-5-7-9-11-12-13-14-16-18-20-22-23(24,28(25,26)27)21-19-17-15-10-8-6-4-2;/h24H,3-22H2,1-2H3,(H,25,26,27);/q;+1/p-1. The van der Waals surface area contributed by atoms with Crippen LogP contribution < -0.4 is 29.6 Å². The van der Waals surface area contributed by atoms with Crippen molar-refractivity contribution in [1.29, 1.82) is 0 Å². The minimum Gasteiger partial charge on any atom is -0.746 e. The van der Waals surface area contributed by atoms with Gasteiger partial charge in [0.05, 0.1) is 0 Å². The Morgan fingerprint density at radius 2 is 0.828 bits per heavy atom. The number of hydrogen-bond acceptors (Lipinski definition) is 4. The minimum absolute atomic E-state index is 0. The Morgan fingerprint density at radius 1 is 0.586 bits per heavy atom. The zero-order valence-electron chi connectivity index (χ0n) is 19.7. The van der Waals surface area contributed by atoms with Gasteiger partial charge in [0, 0.05) is 0 Å². The van der Waals surface area contributed by atoms with Crippen molar-refractivity contribution in [2.24, 2.45) is 0 Å². The van der Waals surface area contributed by atoms with Crippen LogP contribution in [-0.4, -0.2) is 23.0 Å². The molecule has 0 saturated heterocycles. The van der Waals surface area contributed by atoms with E-state index in [1.54, 1.807) is 0 Å². The second-order valence-electron chi connectivity index (χ2n) is 8.56. The van der Waals surface area contributed by atoms with Crippen LogP contribution >= 0.6 is 0 Å². The maximum atomic E-state index is 11.6. The molecule has 6 heteroatoms. The molecule has 1 unspecified atom stereocenters. The second kappa shape index (κ2) is 20.8. The number of aliphatic hydroxyl groups is 1. The number of hydrogen-bond donors (Lipinski definition) is 1. The first-order valence-electron chi connectivity index (χ1n) is 12.0. The van der Waals surface area contributed by atoms with Crippen LogP contribution in [0.2, 0.25) is 0 Å². The fourth-order valence-electron chi connectivity index (χ4n) is 3.80. The second-order valence-corrected chi connectivity index (χ2v) is 10.2. The van der Waals surface area contributed by atoms with Gasteiger partial charge < -0.3 is 9.66 Å². The van der Waals surface area contributed by atoms with Crippen molar-refractivity contribution in [2.45, 2.75) is 147 Å². The van der Waals surface area contributed by atoms with Gasteiger partial charge in [-0.3, -0.25) is 0 Å². The summed E-state index contributed by atoms with van der Waals surface area (Å²) in [5.74, 6) is 0. The molecule has 0 aliphatic heterocycles. The first kappa shape index (κ1) is 32.1. The van der Waals surface area contributed by atoms with E-state index < -0.39 is 15.1 Å². The van der Waals surface area contributed by atoms with Gasteiger partial charge in [-0.25, -0.2) is 8.42 Å². The fourth-order valence-corrected chi connectivity index (χ4v) is 4.59. The van der Waals surface area contributed by atoms with Crippen LogP contribution in [0.15, 0.2) is 0 Å². The van der Waals surface area contributed by atoms with Gasteiger partial charge in [0.25, 0.3) is 0 Å². The summed E-state index contributed by atoms with van der Waals surface area (Å²) in [7, 11) is -4.67. The summed E-state index contributed by atoms with van der Waals surface area (Å²) in [5, 5.41) is 10.4. The molecule has 29 heavy (non-hydrogen) atoms. The van der Waals surface area contributed by atoms with E-state index >= 15 is 0 Å². The molecule has 0 amide bonds. The summed E-state index contributed by atoms with van der Waals surface area (Å²) >= 11 is 0. The van der Waals surface area contributed by atoms with Gasteiger partial charge in [0.2, 0.25) is 0 Å². The Bertz CT molecular complexity index is 442. The van der Waals surface area contributed by atoms with E-state index in [2.05, 4.69) is 13.8 Å². The Hall–Kier alpha value is 0.870. The molecule has 0 aliphatic rings. The molecule has 0 radical (unpaired) electrons. The van der Waals surface area contributed by atoms with Crippen molar-refractivity contribution in [2.75, 3.05) is 0 Å². The fraction of sp³-hybridized carbons (Fsp3) is 1.00. The summed E-state index contributed by atoms with van der Waals surface area (Å²) in [6.07, 6.45) is 20.4. The third-order valence-corrected chi connectivity index (χ3v) is 7.15. The van der Waals surface area contributed by atoms with E-state index in [1.807, 2.05) is 0 Å². The molecule has 170 valence electrons. The van der Waals surface area contributed by atoms with Crippen LogP contribution in [0.5, 0.6) is 0 Å². The molecule has 0 spiro atoms. The van der Waals surface area contributed by atoms with Crippen LogP contribution in [0, 0.1) is 0 Å². The summed E-state index contributed by atoms with van der Waals surface area (Å²) in [5.41, 5.74) is 0. The Morgan fingerprint density at radius 3 is 1.07 bits per heavy atom. The van der Waals surface area contributed by atoms with Gasteiger partial charge in [-0.05, 0) is 25.7 Å². The Labute approximate surface area is 204 Å². The quantitative estimate of drug-likeness (QED) is 0.165. The summed E-state index contributed by atoms with van der Waals surface area (Å²) in [6.45, 7) is 4.40. The van der Waals surface area contributed by atoms with Crippen molar-refractivity contribution in [3.63, 3.8) is 0 Å². The molecule has 0 bridgehead atoms. The first-order valence-corrected chi connectivity index (χ1v) is 13.5. The summed E-state index contributed by atoms with van der Waals surface area (Å²) in [6, 6.07) is 0. The van der Waals surface area contributed by atoms with Crippen molar-refractivity contribution >= 4 is 10.1 Å². The number of rotatable bonds is 21. The van der Waals surface area contributed by atoms with E-state index in [9.17, 15) is 18.1 Å². The Kier molecular flexibility index (Phi) is 22.9. The predicted octanol–water partition coefficient (Wildman–Crippen LogP) is 4.07. The first-order chi connectivity index (χ1) is 13.4. The molecule has 0 saturated carbocycles. The van der Waals surface area contributed by atoms with Crippen LogP contribution in [0.1, 0.15) is 142 Å². The van der Waals surface area contributed by atoms with E-state index in [-0.39, 0.29) is 42.4 Å². The molecular formula is C23H47NaO4S. The average molecular weight is 443 g/mol. The van der Waals surface area contributed by atoms with Crippen LogP contribution in [0.25, 0.3) is 0 Å². The van der Waals surface area contributed by atoms with E-state index in [0.717, 1.165) is 38.5 Å². The molecule has 0 aromatic heterocycles. The van der Waals surface area contributed by atoms with Crippen molar-refractivity contribution in [3.05, 3.63) is 0 Å². The third-order valence-electron chi connectivity index (χ3n) is 5.81. The molecule has 0 aromatic carbocycles. The van der Waals surface area contributed by atoms with Gasteiger partial charge in [-0.15, -0.1) is 0 Å². The van der Waals surface area contributed by atoms with Gasteiger partial charge in [0.1, 0.15) is 10.1 Å². The molecule has 0 aliphatic carbocycles. The molecule has 1 N–H and O–H groups in total. The van der Waals surface area contributed by atoms with E-state index in [0.29, 0.717) is 12.8 Å². The van der Waals surface area contributed by atoms with Crippen LogP contribution in [-0.2, 0) is 10.1 Å². The average Bonchev–Trinajstić information content (AvgIpc) is 2.64. The maximum Gasteiger partial charge on any atom is 1.00 e. The third kappa shape index (κ3) is 18.2. The van der Waals surface area contributed by atoms with Crippen LogP contribution in [0.4, 0.5) is 0 Å². The smallest absolute Gasteiger partial charge is 0.746 e. The molecule has 0 heterocycles. The van der Waals surface area contributed by atoms with Crippen molar-refractivity contribution in [3.8, 4) is 0 Å². The molecule has 0 aromatic rings. The normalized spacial score (nSPS) is 13.8. The predicted molar refractivity (Wildman–Crippen MR) is 118 cm³/mol. The van der Waals surface area contributed by atoms with Gasteiger partial charge >= 0.3 is 29.6 Å². The summed E-state index contributed by atoms with van der Waals surface area (Å²) in [4.78, 5) is -2.06. The van der Waals surface area contributed by atoms with E-state index in [1.165, 1.54) is 64.2 Å². The van der Waals surface area contributed by atoms with Gasteiger partial charge in [-0.1, -0.05) is 117 Å². The minimum atomic E-state index is -4.67. The van der Waals surface area contributed by atoms with Crippen LogP contribution in [0.3, 0.4) is 0 Å². The zero-order chi connectivity index (χ0) is 21.1. The maximum absolute atomic E-state index is 11.6. The van der Waals surface area contributed by atoms with E-state index in [4.69, 9.17) is 0 Å². The number of unbranched alkanes of at least 4 members (excludes halogenated alkanes) is 16. The SMILES string of the molecule is CCCCCCCCCCCCCC(O)(CCCCCCCCC)S(=O)(=O)[O-].[Na+]. The zero-order valence-corrected chi connectivity index (χ0v) is 22.5.